The zero-order valence-electron chi connectivity index (χ0n) is 10.8. The van der Waals surface area contributed by atoms with Gasteiger partial charge in [0.05, 0.1) is 22.4 Å². The Morgan fingerprint density at radius 1 is 1.42 bits per heavy atom. The molecule has 0 spiro atoms. The van der Waals surface area contributed by atoms with Crippen molar-refractivity contribution in [1.29, 1.82) is 0 Å². The molecule has 0 aliphatic rings. The van der Waals surface area contributed by atoms with Gasteiger partial charge in [-0.15, -0.1) is 0 Å². The van der Waals surface area contributed by atoms with Gasteiger partial charge in [0.2, 0.25) is 0 Å². The zero-order valence-corrected chi connectivity index (χ0v) is 12.4. The first kappa shape index (κ1) is 14.2. The number of rotatable bonds is 5. The number of nitrogens with two attached hydrogens (primary N) is 1. The average molecular weight is 326 g/mol. The van der Waals surface area contributed by atoms with E-state index in [4.69, 9.17) is 5.73 Å². The van der Waals surface area contributed by atoms with Gasteiger partial charge in [0.1, 0.15) is 5.82 Å². The molecule has 1 heterocycles. The first-order valence-corrected chi connectivity index (χ1v) is 7.13. The molecule has 0 aliphatic heterocycles. The summed E-state index contributed by atoms with van der Waals surface area (Å²) in [4.78, 5) is 0. The van der Waals surface area contributed by atoms with E-state index in [-0.39, 0.29) is 11.9 Å². The predicted molar refractivity (Wildman–Crippen MR) is 77.3 cm³/mol. The summed E-state index contributed by atoms with van der Waals surface area (Å²) in [6.07, 6.45) is 3.18. The van der Waals surface area contributed by atoms with Gasteiger partial charge in [0.25, 0.3) is 0 Å². The predicted octanol–water partition coefficient (Wildman–Crippen LogP) is 3.44. The van der Waals surface area contributed by atoms with E-state index < -0.39 is 0 Å². The summed E-state index contributed by atoms with van der Waals surface area (Å²) in [5.41, 5.74) is 7.77. The van der Waals surface area contributed by atoms with Gasteiger partial charge in [-0.05, 0) is 40.4 Å². The maximum absolute atomic E-state index is 13.7. The quantitative estimate of drug-likeness (QED) is 0.915. The Kier molecular flexibility index (Phi) is 4.71. The monoisotopic (exact) mass is 325 g/mol. The van der Waals surface area contributed by atoms with E-state index in [2.05, 4.69) is 28.0 Å². The van der Waals surface area contributed by atoms with Crippen LogP contribution in [0.4, 0.5) is 4.39 Å². The van der Waals surface area contributed by atoms with E-state index in [1.807, 2.05) is 10.7 Å². The molecule has 19 heavy (non-hydrogen) atoms. The SMILES string of the molecule is CCCn1ncc(Br)c1C(N)Cc1ccccc1F. The topological polar surface area (TPSA) is 43.8 Å². The van der Waals surface area contributed by atoms with Crippen molar-refractivity contribution in [2.45, 2.75) is 32.4 Å². The van der Waals surface area contributed by atoms with Crippen LogP contribution in [0, 0.1) is 5.82 Å². The Morgan fingerprint density at radius 3 is 2.84 bits per heavy atom. The molecule has 1 atom stereocenters. The number of hydrogen-bond acceptors (Lipinski definition) is 2. The molecule has 1 aromatic heterocycles. The number of nitrogens with zero attached hydrogens (tertiary/aromatic N) is 2. The highest BCUT2D eigenvalue weighted by Gasteiger charge is 2.18. The summed E-state index contributed by atoms with van der Waals surface area (Å²) in [6.45, 7) is 2.90. The van der Waals surface area contributed by atoms with Gasteiger partial charge in [0.15, 0.2) is 0 Å². The first-order chi connectivity index (χ1) is 9.13. The van der Waals surface area contributed by atoms with Crippen molar-refractivity contribution in [3.05, 3.63) is 52.0 Å². The van der Waals surface area contributed by atoms with Crippen molar-refractivity contribution in [2.24, 2.45) is 5.73 Å². The number of benzene rings is 1. The highest BCUT2D eigenvalue weighted by Crippen LogP contribution is 2.25. The van der Waals surface area contributed by atoms with E-state index in [0.29, 0.717) is 12.0 Å². The summed E-state index contributed by atoms with van der Waals surface area (Å²) in [6, 6.07) is 6.45. The average Bonchev–Trinajstić information content (AvgIpc) is 2.74. The fourth-order valence-electron chi connectivity index (χ4n) is 2.13. The molecular weight excluding hydrogens is 309 g/mol. The minimum absolute atomic E-state index is 0.212. The smallest absolute Gasteiger partial charge is 0.126 e. The van der Waals surface area contributed by atoms with E-state index >= 15 is 0 Å². The minimum Gasteiger partial charge on any atom is -0.322 e. The lowest BCUT2D eigenvalue weighted by Gasteiger charge is -2.15. The summed E-state index contributed by atoms with van der Waals surface area (Å²) < 4.78 is 16.4. The van der Waals surface area contributed by atoms with Gasteiger partial charge in [0, 0.05) is 6.54 Å². The van der Waals surface area contributed by atoms with Crippen molar-refractivity contribution in [1.82, 2.24) is 9.78 Å². The Morgan fingerprint density at radius 2 is 2.16 bits per heavy atom. The van der Waals surface area contributed by atoms with E-state index in [1.165, 1.54) is 6.07 Å². The molecule has 0 bridgehead atoms. The fourth-order valence-corrected chi connectivity index (χ4v) is 2.72. The maximum Gasteiger partial charge on any atom is 0.126 e. The lowest BCUT2D eigenvalue weighted by molar-refractivity contribution is 0.527. The highest BCUT2D eigenvalue weighted by atomic mass is 79.9. The molecule has 5 heteroatoms. The molecular formula is C14H17BrFN3. The molecule has 0 saturated heterocycles. The van der Waals surface area contributed by atoms with Gasteiger partial charge < -0.3 is 5.73 Å². The molecule has 2 aromatic rings. The molecule has 0 aliphatic carbocycles. The van der Waals surface area contributed by atoms with Crippen molar-refractivity contribution in [2.75, 3.05) is 0 Å². The van der Waals surface area contributed by atoms with Crippen LogP contribution in [-0.4, -0.2) is 9.78 Å². The van der Waals surface area contributed by atoms with E-state index in [1.54, 1.807) is 18.3 Å². The van der Waals surface area contributed by atoms with Crippen LogP contribution in [0.2, 0.25) is 0 Å². The first-order valence-electron chi connectivity index (χ1n) is 6.33. The van der Waals surface area contributed by atoms with Crippen molar-refractivity contribution in [3.8, 4) is 0 Å². The maximum atomic E-state index is 13.7. The number of halogens is 2. The minimum atomic E-state index is -0.277. The molecule has 1 unspecified atom stereocenters. The highest BCUT2D eigenvalue weighted by molar-refractivity contribution is 9.10. The second-order valence-corrected chi connectivity index (χ2v) is 5.36. The van der Waals surface area contributed by atoms with Crippen LogP contribution in [0.1, 0.15) is 30.6 Å². The van der Waals surface area contributed by atoms with Crippen LogP contribution in [0.5, 0.6) is 0 Å². The zero-order chi connectivity index (χ0) is 13.8. The fraction of sp³-hybridized carbons (Fsp3) is 0.357. The third kappa shape index (κ3) is 3.22. The lowest BCUT2D eigenvalue weighted by atomic mass is 10.0. The second-order valence-electron chi connectivity index (χ2n) is 4.50. The number of aryl methyl sites for hydroxylation is 1. The summed E-state index contributed by atoms with van der Waals surface area (Å²) in [5.74, 6) is -0.212. The van der Waals surface area contributed by atoms with Gasteiger partial charge >= 0.3 is 0 Å². The van der Waals surface area contributed by atoms with Gasteiger partial charge in [-0.3, -0.25) is 4.68 Å². The molecule has 0 amide bonds. The van der Waals surface area contributed by atoms with Crippen LogP contribution in [0.3, 0.4) is 0 Å². The standard InChI is InChI=1S/C14H17BrFN3/c1-2-7-19-14(11(15)9-18-19)13(17)8-10-5-3-4-6-12(10)16/h3-6,9,13H,2,7-8,17H2,1H3. The lowest BCUT2D eigenvalue weighted by Crippen LogP contribution is -2.19. The number of hydrogen-bond donors (Lipinski definition) is 1. The second kappa shape index (κ2) is 6.30. The Bertz CT molecular complexity index is 553. The van der Waals surface area contributed by atoms with Crippen LogP contribution < -0.4 is 5.73 Å². The van der Waals surface area contributed by atoms with Gasteiger partial charge in [-0.25, -0.2) is 4.39 Å². The Hall–Kier alpha value is -1.20. The molecule has 0 saturated carbocycles. The largest absolute Gasteiger partial charge is 0.322 e. The molecule has 102 valence electrons. The van der Waals surface area contributed by atoms with Crippen LogP contribution in [-0.2, 0) is 13.0 Å². The van der Waals surface area contributed by atoms with Crippen LogP contribution in [0.25, 0.3) is 0 Å². The third-order valence-corrected chi connectivity index (χ3v) is 3.63. The third-order valence-electron chi connectivity index (χ3n) is 3.02. The summed E-state index contributed by atoms with van der Waals surface area (Å²) >= 11 is 3.46. The normalized spacial score (nSPS) is 12.6. The Labute approximate surface area is 120 Å². The van der Waals surface area contributed by atoms with Crippen LogP contribution >= 0.6 is 15.9 Å². The van der Waals surface area contributed by atoms with Gasteiger partial charge in [-0.2, -0.15) is 5.10 Å². The van der Waals surface area contributed by atoms with Crippen molar-refractivity contribution in [3.63, 3.8) is 0 Å². The van der Waals surface area contributed by atoms with Gasteiger partial charge in [-0.1, -0.05) is 25.1 Å². The van der Waals surface area contributed by atoms with E-state index in [9.17, 15) is 4.39 Å². The molecule has 3 nitrogen and oxygen atoms in total. The summed E-state index contributed by atoms with van der Waals surface area (Å²) in [7, 11) is 0. The van der Waals surface area contributed by atoms with Crippen LogP contribution in [0.15, 0.2) is 34.9 Å². The molecule has 2 rings (SSSR count). The van der Waals surface area contributed by atoms with Crippen molar-refractivity contribution < 1.29 is 4.39 Å². The Balaban J connectivity index is 2.22. The summed E-state index contributed by atoms with van der Waals surface area (Å²) in [5, 5.41) is 4.29. The van der Waals surface area contributed by atoms with E-state index in [0.717, 1.165) is 23.1 Å². The molecule has 0 fully saturated rings. The number of aromatic nitrogens is 2. The molecule has 2 N–H and O–H groups in total. The molecule has 0 radical (unpaired) electrons. The van der Waals surface area contributed by atoms with Crippen molar-refractivity contribution >= 4 is 15.9 Å². The molecule has 1 aromatic carbocycles.